The van der Waals surface area contributed by atoms with Crippen LogP contribution in [-0.2, 0) is 0 Å². The average molecular weight is 288 g/mol. The molecule has 66 valence electrons. The molecule has 0 N–H and O–H groups in total. The number of hydrogen-bond acceptors (Lipinski definition) is 1. The first-order valence-electron chi connectivity index (χ1n) is 3.76. The molecular weight excluding hydrogens is 282 g/mol. The lowest BCUT2D eigenvalue weighted by Gasteiger charge is -1.98. The number of halogens is 2. The van der Waals surface area contributed by atoms with Crippen LogP contribution in [0.1, 0.15) is 0 Å². The highest BCUT2D eigenvalue weighted by molar-refractivity contribution is 14.1. The Balaban J connectivity index is 2.53. The Kier molecular flexibility index (Phi) is 2.35. The van der Waals surface area contributed by atoms with Gasteiger partial charge in [-0.05, 0) is 52.9 Å². The van der Waals surface area contributed by atoms with E-state index in [1.54, 1.807) is 12.3 Å². The Morgan fingerprint density at radius 2 is 2.08 bits per heavy atom. The number of rotatable bonds is 1. The monoisotopic (exact) mass is 288 g/mol. The van der Waals surface area contributed by atoms with Crippen molar-refractivity contribution in [3.63, 3.8) is 0 Å². The first-order valence-corrected chi connectivity index (χ1v) is 4.83. The van der Waals surface area contributed by atoms with Crippen LogP contribution >= 0.6 is 22.6 Å². The van der Waals surface area contributed by atoms with Gasteiger partial charge in [-0.3, -0.25) is 0 Å². The SMILES string of the molecule is Fc1cc(I)cc(-c2ccco2)c1. The first-order chi connectivity index (χ1) is 6.25. The highest BCUT2D eigenvalue weighted by atomic mass is 127. The van der Waals surface area contributed by atoms with Gasteiger partial charge in [-0.25, -0.2) is 4.39 Å². The Labute approximate surface area is 88.7 Å². The van der Waals surface area contributed by atoms with Gasteiger partial charge in [-0.2, -0.15) is 0 Å². The quantitative estimate of drug-likeness (QED) is 0.729. The van der Waals surface area contributed by atoms with Crippen LogP contribution in [0.3, 0.4) is 0 Å². The van der Waals surface area contributed by atoms with Crippen molar-refractivity contribution in [3.8, 4) is 11.3 Å². The normalized spacial score (nSPS) is 10.3. The average Bonchev–Trinajstić information content (AvgIpc) is 2.53. The van der Waals surface area contributed by atoms with Crippen molar-refractivity contribution in [2.24, 2.45) is 0 Å². The van der Waals surface area contributed by atoms with Crippen molar-refractivity contribution in [1.82, 2.24) is 0 Å². The largest absolute Gasteiger partial charge is 0.464 e. The van der Waals surface area contributed by atoms with Crippen LogP contribution in [-0.4, -0.2) is 0 Å². The summed E-state index contributed by atoms with van der Waals surface area (Å²) in [6, 6.07) is 8.41. The summed E-state index contributed by atoms with van der Waals surface area (Å²) in [5, 5.41) is 0. The Bertz CT molecular complexity index is 389. The van der Waals surface area contributed by atoms with Gasteiger partial charge in [0.25, 0.3) is 0 Å². The minimum absolute atomic E-state index is 0.238. The van der Waals surface area contributed by atoms with Gasteiger partial charge in [0.15, 0.2) is 0 Å². The minimum Gasteiger partial charge on any atom is -0.464 e. The molecule has 1 aromatic heterocycles. The molecule has 0 aliphatic rings. The van der Waals surface area contributed by atoms with Crippen LogP contribution in [0.2, 0.25) is 0 Å². The molecule has 1 nitrogen and oxygen atoms in total. The molecule has 2 rings (SSSR count). The molecule has 0 unspecified atom stereocenters. The van der Waals surface area contributed by atoms with E-state index in [9.17, 15) is 4.39 Å². The van der Waals surface area contributed by atoms with E-state index in [-0.39, 0.29) is 5.82 Å². The zero-order valence-electron chi connectivity index (χ0n) is 6.63. The predicted octanol–water partition coefficient (Wildman–Crippen LogP) is 3.69. The maximum atomic E-state index is 13.0. The maximum Gasteiger partial charge on any atom is 0.133 e. The van der Waals surface area contributed by atoms with Gasteiger partial charge in [-0.1, -0.05) is 0 Å². The van der Waals surface area contributed by atoms with Gasteiger partial charge in [0.05, 0.1) is 6.26 Å². The first kappa shape index (κ1) is 8.74. The van der Waals surface area contributed by atoms with E-state index in [2.05, 4.69) is 22.6 Å². The van der Waals surface area contributed by atoms with E-state index in [1.807, 2.05) is 12.1 Å². The fourth-order valence-electron chi connectivity index (χ4n) is 1.14. The Morgan fingerprint density at radius 3 is 2.69 bits per heavy atom. The Morgan fingerprint density at radius 1 is 1.23 bits per heavy atom. The van der Waals surface area contributed by atoms with Gasteiger partial charge >= 0.3 is 0 Å². The third-order valence-electron chi connectivity index (χ3n) is 1.67. The summed E-state index contributed by atoms with van der Waals surface area (Å²) in [4.78, 5) is 0. The number of benzene rings is 1. The van der Waals surface area contributed by atoms with Gasteiger partial charge in [-0.15, -0.1) is 0 Å². The molecule has 0 aliphatic carbocycles. The fourth-order valence-corrected chi connectivity index (χ4v) is 1.77. The van der Waals surface area contributed by atoms with Gasteiger partial charge in [0, 0.05) is 9.13 Å². The van der Waals surface area contributed by atoms with Crippen LogP contribution < -0.4 is 0 Å². The second-order valence-corrected chi connectivity index (χ2v) is 3.88. The predicted molar refractivity (Wildman–Crippen MR) is 56.8 cm³/mol. The lowest BCUT2D eigenvalue weighted by Crippen LogP contribution is -1.80. The van der Waals surface area contributed by atoms with E-state index >= 15 is 0 Å². The third kappa shape index (κ3) is 1.91. The molecule has 0 saturated carbocycles. The maximum absolute atomic E-state index is 13.0. The van der Waals surface area contributed by atoms with Crippen molar-refractivity contribution in [1.29, 1.82) is 0 Å². The lowest BCUT2D eigenvalue weighted by atomic mass is 10.2. The summed E-state index contributed by atoms with van der Waals surface area (Å²) in [6.07, 6.45) is 1.58. The summed E-state index contributed by atoms with van der Waals surface area (Å²) < 4.78 is 19.0. The molecule has 0 radical (unpaired) electrons. The highest BCUT2D eigenvalue weighted by Crippen LogP contribution is 2.22. The highest BCUT2D eigenvalue weighted by Gasteiger charge is 2.03. The summed E-state index contributed by atoms with van der Waals surface area (Å²) in [5.41, 5.74) is 0.773. The topological polar surface area (TPSA) is 13.1 Å². The molecule has 3 heteroatoms. The van der Waals surface area contributed by atoms with Gasteiger partial charge < -0.3 is 4.42 Å². The van der Waals surface area contributed by atoms with E-state index in [4.69, 9.17) is 4.42 Å². The van der Waals surface area contributed by atoms with E-state index in [0.29, 0.717) is 5.76 Å². The van der Waals surface area contributed by atoms with E-state index < -0.39 is 0 Å². The van der Waals surface area contributed by atoms with Gasteiger partial charge in [0.1, 0.15) is 11.6 Å². The summed E-state index contributed by atoms with van der Waals surface area (Å²) in [7, 11) is 0. The van der Waals surface area contributed by atoms with E-state index in [1.165, 1.54) is 12.1 Å². The fraction of sp³-hybridized carbons (Fsp3) is 0. The summed E-state index contributed by atoms with van der Waals surface area (Å²) in [5.74, 6) is 0.454. The smallest absolute Gasteiger partial charge is 0.133 e. The molecule has 0 spiro atoms. The molecule has 0 atom stereocenters. The molecule has 0 amide bonds. The van der Waals surface area contributed by atoms with E-state index in [0.717, 1.165) is 9.13 Å². The second-order valence-electron chi connectivity index (χ2n) is 2.64. The molecule has 13 heavy (non-hydrogen) atoms. The van der Waals surface area contributed by atoms with Crippen molar-refractivity contribution in [2.45, 2.75) is 0 Å². The summed E-state index contributed by atoms with van der Waals surface area (Å²) in [6.45, 7) is 0. The third-order valence-corrected chi connectivity index (χ3v) is 2.29. The molecular formula is C10H6FIO. The van der Waals surface area contributed by atoms with Crippen LogP contribution in [0.15, 0.2) is 41.0 Å². The molecule has 0 fully saturated rings. The van der Waals surface area contributed by atoms with Crippen molar-refractivity contribution >= 4 is 22.6 Å². The van der Waals surface area contributed by atoms with Crippen LogP contribution in [0.5, 0.6) is 0 Å². The zero-order valence-corrected chi connectivity index (χ0v) is 8.79. The van der Waals surface area contributed by atoms with Gasteiger partial charge in [0.2, 0.25) is 0 Å². The van der Waals surface area contributed by atoms with Crippen LogP contribution in [0.4, 0.5) is 4.39 Å². The summed E-state index contributed by atoms with van der Waals surface area (Å²) >= 11 is 2.07. The van der Waals surface area contributed by atoms with Crippen LogP contribution in [0, 0.1) is 9.39 Å². The Hall–Kier alpha value is -0.840. The lowest BCUT2D eigenvalue weighted by molar-refractivity contribution is 0.580. The number of hydrogen-bond donors (Lipinski definition) is 0. The molecule has 1 aromatic carbocycles. The molecule has 0 aliphatic heterocycles. The molecule has 0 bridgehead atoms. The molecule has 0 saturated heterocycles. The second kappa shape index (κ2) is 3.49. The zero-order chi connectivity index (χ0) is 9.26. The molecule has 2 aromatic rings. The number of furan rings is 1. The molecule has 1 heterocycles. The standard InChI is InChI=1S/C10H6FIO/c11-8-4-7(5-9(12)6-8)10-2-1-3-13-10/h1-6H. The van der Waals surface area contributed by atoms with Crippen molar-refractivity contribution in [3.05, 3.63) is 46.0 Å². The van der Waals surface area contributed by atoms with Crippen molar-refractivity contribution in [2.75, 3.05) is 0 Å². The van der Waals surface area contributed by atoms with Crippen LogP contribution in [0.25, 0.3) is 11.3 Å². The van der Waals surface area contributed by atoms with Crippen molar-refractivity contribution < 1.29 is 8.81 Å². The minimum atomic E-state index is -0.238.